The highest BCUT2D eigenvalue weighted by Gasteiger charge is 2.39. The maximum Gasteiger partial charge on any atom is 0.194 e. The quantitative estimate of drug-likeness (QED) is 0.559. The Morgan fingerprint density at radius 3 is 2.65 bits per heavy atom. The van der Waals surface area contributed by atoms with E-state index in [2.05, 4.69) is 31.2 Å². The molecule has 1 atom stereocenters. The molecule has 0 aliphatic heterocycles. The number of allylic oxidation sites excluding steroid dienone is 1. The number of benzene rings is 1. The zero-order valence-corrected chi connectivity index (χ0v) is 16.8. The van der Waals surface area contributed by atoms with Crippen molar-refractivity contribution in [1.29, 1.82) is 0 Å². The molecule has 4 nitrogen and oxygen atoms in total. The highest BCUT2D eigenvalue weighted by molar-refractivity contribution is 6.70. The van der Waals surface area contributed by atoms with E-state index in [4.69, 9.17) is 9.16 Å². The first-order chi connectivity index (χ1) is 12.4. The first-order valence-corrected chi connectivity index (χ1v) is 12.2. The van der Waals surface area contributed by atoms with Gasteiger partial charge in [-0.2, -0.15) is 0 Å². The topological polar surface area (TPSA) is 48.4 Å². The number of fused-ring (bicyclic) bond motifs is 1. The molecule has 1 aromatic carbocycles. The molecule has 5 heteroatoms. The molecule has 3 rings (SSSR count). The van der Waals surface area contributed by atoms with Crippen LogP contribution in [0.3, 0.4) is 0 Å². The zero-order chi connectivity index (χ0) is 18.9. The number of hydrogen-bond acceptors (Lipinski definition) is 4. The fourth-order valence-corrected chi connectivity index (χ4v) is 4.56. The van der Waals surface area contributed by atoms with Gasteiger partial charge < -0.3 is 9.16 Å². The van der Waals surface area contributed by atoms with E-state index in [0.29, 0.717) is 24.2 Å². The Labute approximate surface area is 156 Å². The number of rotatable bonds is 6. The second-order valence-electron chi connectivity index (χ2n) is 7.46. The lowest BCUT2D eigenvalue weighted by atomic mass is 9.92. The van der Waals surface area contributed by atoms with Gasteiger partial charge in [-0.05, 0) is 55.4 Å². The van der Waals surface area contributed by atoms with E-state index in [1.54, 1.807) is 13.3 Å². The lowest BCUT2D eigenvalue weighted by Gasteiger charge is -2.21. The summed E-state index contributed by atoms with van der Waals surface area (Å²) in [7, 11) is -0.245. The number of aromatic nitrogens is 1. The number of methoxy groups -OCH3 is 1. The average molecular weight is 368 g/mol. The van der Waals surface area contributed by atoms with Gasteiger partial charge in [-0.3, -0.25) is 9.78 Å². The third-order valence-electron chi connectivity index (χ3n) is 4.41. The van der Waals surface area contributed by atoms with Gasteiger partial charge >= 0.3 is 0 Å². The normalized spacial score (nSPS) is 16.5. The number of Topliss-reactive ketones (excluding diaryl/α,β-unsaturated/α-hetero) is 1. The van der Waals surface area contributed by atoms with E-state index in [-0.39, 0.29) is 5.78 Å². The Morgan fingerprint density at radius 1 is 1.31 bits per heavy atom. The van der Waals surface area contributed by atoms with Crippen molar-refractivity contribution in [2.45, 2.75) is 38.6 Å². The van der Waals surface area contributed by atoms with E-state index in [1.165, 1.54) is 0 Å². The van der Waals surface area contributed by atoms with Crippen molar-refractivity contribution >= 4 is 14.1 Å². The number of carbonyl (C=O) groups is 1. The molecule has 0 fully saturated rings. The molecule has 1 aromatic heterocycles. The largest absolute Gasteiger partial charge is 0.496 e. The minimum absolute atomic E-state index is 0.0154. The highest BCUT2D eigenvalue weighted by atomic mass is 28.4. The fourth-order valence-electron chi connectivity index (χ4n) is 3.51. The van der Waals surface area contributed by atoms with E-state index < -0.39 is 14.4 Å². The molecule has 136 valence electrons. The van der Waals surface area contributed by atoms with Gasteiger partial charge in [0.15, 0.2) is 14.1 Å². The van der Waals surface area contributed by atoms with E-state index in [1.807, 2.05) is 30.3 Å². The summed E-state index contributed by atoms with van der Waals surface area (Å²) in [5.41, 5.74) is 4.56. The molecule has 0 radical (unpaired) electrons. The van der Waals surface area contributed by atoms with Crippen LogP contribution in [-0.4, -0.2) is 32.3 Å². The van der Waals surface area contributed by atoms with Gasteiger partial charge in [0, 0.05) is 18.2 Å². The molecule has 1 aliphatic carbocycles. The number of carbonyl (C=O) groups excluding carboxylic acids is 1. The molecule has 0 amide bonds. The summed E-state index contributed by atoms with van der Waals surface area (Å²) >= 11 is 0. The summed E-state index contributed by atoms with van der Waals surface area (Å²) in [4.78, 5) is 17.6. The molecule has 2 aromatic rings. The minimum atomic E-state index is -1.85. The third-order valence-corrected chi connectivity index (χ3v) is 5.40. The van der Waals surface area contributed by atoms with Crippen LogP contribution in [0.15, 0.2) is 43.1 Å². The summed E-state index contributed by atoms with van der Waals surface area (Å²) in [6.07, 6.45) is 4.44. The van der Waals surface area contributed by atoms with Crippen LogP contribution < -0.4 is 4.74 Å². The summed E-state index contributed by atoms with van der Waals surface area (Å²) in [5, 5.41) is 0. The van der Waals surface area contributed by atoms with Crippen LogP contribution >= 0.6 is 0 Å². The number of hydrogen-bond donors (Lipinski definition) is 0. The lowest BCUT2D eigenvalue weighted by Crippen LogP contribution is -2.35. The Morgan fingerprint density at radius 2 is 2.08 bits per heavy atom. The Bertz CT molecular complexity index is 841. The fraction of sp³-hybridized carbons (Fsp3) is 0.333. The van der Waals surface area contributed by atoms with Crippen molar-refractivity contribution in [3.05, 3.63) is 59.8 Å². The van der Waals surface area contributed by atoms with Gasteiger partial charge in [0.1, 0.15) is 11.9 Å². The average Bonchev–Trinajstić information content (AvgIpc) is 2.90. The van der Waals surface area contributed by atoms with Gasteiger partial charge in [0.2, 0.25) is 0 Å². The van der Waals surface area contributed by atoms with Crippen LogP contribution in [0.2, 0.25) is 19.6 Å². The van der Waals surface area contributed by atoms with Crippen LogP contribution in [0, 0.1) is 0 Å². The van der Waals surface area contributed by atoms with Crippen LogP contribution in [-0.2, 0) is 17.3 Å². The SMILES string of the molecule is C=CCc1cc(OC)c2c(c1-c1ccccn1)CC(O[Si](C)(C)C)C2=O. The van der Waals surface area contributed by atoms with Gasteiger partial charge in [0.25, 0.3) is 0 Å². The number of nitrogens with zero attached hydrogens (tertiary/aromatic N) is 1. The summed E-state index contributed by atoms with van der Waals surface area (Å²) in [6, 6.07) is 7.78. The van der Waals surface area contributed by atoms with Crippen molar-refractivity contribution < 1.29 is 14.0 Å². The van der Waals surface area contributed by atoms with Crippen molar-refractivity contribution in [2.24, 2.45) is 0 Å². The van der Waals surface area contributed by atoms with Crippen molar-refractivity contribution in [1.82, 2.24) is 4.98 Å². The second-order valence-corrected chi connectivity index (χ2v) is 11.9. The van der Waals surface area contributed by atoms with E-state index in [9.17, 15) is 4.79 Å². The lowest BCUT2D eigenvalue weighted by molar-refractivity contribution is 0.0807. The predicted octanol–water partition coefficient (Wildman–Crippen LogP) is 4.44. The van der Waals surface area contributed by atoms with Crippen LogP contribution in [0.5, 0.6) is 5.75 Å². The van der Waals surface area contributed by atoms with Crippen molar-refractivity contribution in [2.75, 3.05) is 7.11 Å². The maximum absolute atomic E-state index is 13.1. The summed E-state index contributed by atoms with van der Waals surface area (Å²) in [6.45, 7) is 10.2. The molecule has 26 heavy (non-hydrogen) atoms. The predicted molar refractivity (Wildman–Crippen MR) is 106 cm³/mol. The number of pyridine rings is 1. The van der Waals surface area contributed by atoms with Gasteiger partial charge in [-0.25, -0.2) is 0 Å². The Hall–Kier alpha value is -2.24. The van der Waals surface area contributed by atoms with Crippen LogP contribution in [0.4, 0.5) is 0 Å². The summed E-state index contributed by atoms with van der Waals surface area (Å²) in [5.74, 6) is 0.629. The molecule has 0 saturated carbocycles. The van der Waals surface area contributed by atoms with Crippen molar-refractivity contribution in [3.63, 3.8) is 0 Å². The molecule has 1 unspecified atom stereocenters. The number of ether oxygens (including phenoxy) is 1. The third kappa shape index (κ3) is 3.50. The first-order valence-electron chi connectivity index (χ1n) is 8.82. The van der Waals surface area contributed by atoms with Crippen LogP contribution in [0.25, 0.3) is 11.3 Å². The second kappa shape index (κ2) is 7.17. The summed E-state index contributed by atoms with van der Waals surface area (Å²) < 4.78 is 11.7. The molecule has 0 bridgehead atoms. The standard InChI is InChI=1S/C21H25NO3Si/c1-6-9-14-12-17(24-2)20-15(19(14)16-10-7-8-11-22-16)13-18(21(20)23)25-26(3,4)5/h6-8,10-12,18H,1,9,13H2,2-5H3. The van der Waals surface area contributed by atoms with Gasteiger partial charge in [0.05, 0.1) is 18.4 Å². The van der Waals surface area contributed by atoms with Gasteiger partial charge in [-0.15, -0.1) is 6.58 Å². The van der Waals surface area contributed by atoms with E-state index >= 15 is 0 Å². The van der Waals surface area contributed by atoms with Crippen LogP contribution in [0.1, 0.15) is 21.5 Å². The molecular weight excluding hydrogens is 342 g/mol. The maximum atomic E-state index is 13.1. The smallest absolute Gasteiger partial charge is 0.194 e. The van der Waals surface area contributed by atoms with Gasteiger partial charge in [-0.1, -0.05) is 12.1 Å². The van der Waals surface area contributed by atoms with E-state index in [0.717, 1.165) is 22.4 Å². The molecular formula is C21H25NO3Si. The monoisotopic (exact) mass is 367 g/mol. The highest BCUT2D eigenvalue weighted by Crippen LogP contribution is 2.41. The molecule has 0 saturated heterocycles. The minimum Gasteiger partial charge on any atom is -0.496 e. The number of ketones is 1. The zero-order valence-electron chi connectivity index (χ0n) is 15.8. The molecule has 0 spiro atoms. The first kappa shape index (κ1) is 18.5. The molecule has 1 aliphatic rings. The molecule has 0 N–H and O–H groups in total. The Kier molecular flexibility index (Phi) is 5.12. The Balaban J connectivity index is 2.21. The molecule has 1 heterocycles. The van der Waals surface area contributed by atoms with Crippen molar-refractivity contribution in [3.8, 4) is 17.0 Å².